The minimum absolute atomic E-state index is 0.000231. The van der Waals surface area contributed by atoms with Crippen molar-refractivity contribution < 1.29 is 9.13 Å². The number of nitrogens with one attached hydrogen (secondary N) is 1. The molecule has 1 aromatic carbocycles. The van der Waals surface area contributed by atoms with Gasteiger partial charge in [0.2, 0.25) is 0 Å². The Hall–Kier alpha value is -1.36. The van der Waals surface area contributed by atoms with Gasteiger partial charge in [0.25, 0.3) is 0 Å². The lowest BCUT2D eigenvalue weighted by Crippen LogP contribution is -2.68. The summed E-state index contributed by atoms with van der Waals surface area (Å²) < 4.78 is 20.0. The van der Waals surface area contributed by atoms with E-state index < -0.39 is 5.72 Å². The number of hydrogen-bond acceptors (Lipinski definition) is 2. The summed E-state index contributed by atoms with van der Waals surface area (Å²) in [6.45, 7) is 6.84. The third-order valence-electron chi connectivity index (χ3n) is 4.36. The molecule has 3 nitrogen and oxygen atoms in total. The van der Waals surface area contributed by atoms with Crippen molar-refractivity contribution in [3.05, 3.63) is 29.6 Å². The molecule has 3 rings (SSSR count). The highest BCUT2D eigenvalue weighted by Crippen LogP contribution is 2.48. The molecular formula is C14H17FN2OS. The normalized spacial score (nSPS) is 32.4. The molecule has 0 aliphatic carbocycles. The summed E-state index contributed by atoms with van der Waals surface area (Å²) in [7, 11) is 0. The van der Waals surface area contributed by atoms with E-state index in [-0.39, 0.29) is 17.8 Å². The van der Waals surface area contributed by atoms with Crippen molar-refractivity contribution in [1.82, 2.24) is 10.2 Å². The number of fused-ring (bicyclic) bond motifs is 4. The molecule has 2 aliphatic heterocycles. The highest BCUT2D eigenvalue weighted by Gasteiger charge is 2.53. The third-order valence-corrected chi connectivity index (χ3v) is 4.70. The molecule has 1 N–H and O–H groups in total. The fraction of sp³-hybridized carbons (Fsp3) is 0.500. The van der Waals surface area contributed by atoms with Crippen LogP contribution in [0.25, 0.3) is 0 Å². The molecule has 2 bridgehead atoms. The van der Waals surface area contributed by atoms with Crippen LogP contribution in [0.2, 0.25) is 0 Å². The molecular weight excluding hydrogens is 263 g/mol. The van der Waals surface area contributed by atoms with Gasteiger partial charge in [-0.25, -0.2) is 4.39 Å². The second kappa shape index (κ2) is 4.07. The van der Waals surface area contributed by atoms with Crippen molar-refractivity contribution >= 4 is 17.3 Å². The molecule has 0 spiro atoms. The van der Waals surface area contributed by atoms with Crippen molar-refractivity contribution in [2.24, 2.45) is 5.92 Å². The number of rotatable bonds is 1. The average Bonchev–Trinajstić information content (AvgIpc) is 2.36. The van der Waals surface area contributed by atoms with Gasteiger partial charge in [0, 0.05) is 18.0 Å². The van der Waals surface area contributed by atoms with E-state index >= 15 is 0 Å². The molecule has 19 heavy (non-hydrogen) atoms. The maximum atomic E-state index is 14.0. The lowest BCUT2D eigenvalue weighted by molar-refractivity contribution is -0.110. The predicted octanol–water partition coefficient (Wildman–Crippen LogP) is 2.82. The third kappa shape index (κ3) is 1.57. The lowest BCUT2D eigenvalue weighted by Gasteiger charge is -2.55. The summed E-state index contributed by atoms with van der Waals surface area (Å²) in [5.41, 5.74) is 0.250. The first-order chi connectivity index (χ1) is 8.99. The van der Waals surface area contributed by atoms with Crippen LogP contribution >= 0.6 is 12.2 Å². The first-order valence-electron chi connectivity index (χ1n) is 6.54. The van der Waals surface area contributed by atoms with Crippen molar-refractivity contribution in [1.29, 1.82) is 0 Å². The molecule has 0 radical (unpaired) electrons. The van der Waals surface area contributed by atoms with Gasteiger partial charge in [0.15, 0.2) is 22.4 Å². The van der Waals surface area contributed by atoms with Crippen LogP contribution < -0.4 is 10.1 Å². The fourth-order valence-corrected chi connectivity index (χ4v) is 3.57. The molecule has 102 valence electrons. The maximum absolute atomic E-state index is 14.0. The number of para-hydroxylation sites is 1. The minimum atomic E-state index is -0.600. The fourth-order valence-electron chi connectivity index (χ4n) is 3.13. The number of hydrogen-bond donors (Lipinski definition) is 1. The Morgan fingerprint density at radius 2 is 2.26 bits per heavy atom. The van der Waals surface area contributed by atoms with Crippen LogP contribution in [-0.4, -0.2) is 22.3 Å². The largest absolute Gasteiger partial charge is 0.464 e. The summed E-state index contributed by atoms with van der Waals surface area (Å²) in [5.74, 6) is 0.210. The van der Waals surface area contributed by atoms with Gasteiger partial charge in [-0.05, 0) is 32.1 Å². The number of thiocarbonyl (C=S) groups is 1. The molecule has 2 heterocycles. The van der Waals surface area contributed by atoms with Gasteiger partial charge in [-0.2, -0.15) is 0 Å². The van der Waals surface area contributed by atoms with Gasteiger partial charge >= 0.3 is 0 Å². The Balaban J connectivity index is 2.18. The van der Waals surface area contributed by atoms with Crippen LogP contribution in [0.4, 0.5) is 4.39 Å². The Kier molecular flexibility index (Phi) is 2.71. The molecule has 0 saturated carbocycles. The number of halogens is 1. The zero-order valence-corrected chi connectivity index (χ0v) is 12.1. The molecule has 0 amide bonds. The first kappa shape index (κ1) is 12.7. The van der Waals surface area contributed by atoms with Crippen LogP contribution in [0.15, 0.2) is 18.2 Å². The number of nitrogens with zero attached hydrogens (tertiary/aromatic N) is 1. The molecule has 2 aliphatic rings. The minimum Gasteiger partial charge on any atom is -0.464 e. The van der Waals surface area contributed by atoms with E-state index in [4.69, 9.17) is 17.0 Å². The maximum Gasteiger partial charge on any atom is 0.186 e. The summed E-state index contributed by atoms with van der Waals surface area (Å²) in [4.78, 5) is 1.98. The van der Waals surface area contributed by atoms with Crippen LogP contribution in [0.3, 0.4) is 0 Å². The van der Waals surface area contributed by atoms with Crippen molar-refractivity contribution in [2.45, 2.75) is 32.5 Å². The van der Waals surface area contributed by atoms with E-state index in [0.29, 0.717) is 10.9 Å². The zero-order chi connectivity index (χ0) is 13.8. The van der Waals surface area contributed by atoms with E-state index in [2.05, 4.69) is 12.2 Å². The summed E-state index contributed by atoms with van der Waals surface area (Å²) in [6.07, 6.45) is 0. The van der Waals surface area contributed by atoms with Crippen LogP contribution in [0.1, 0.15) is 32.4 Å². The molecule has 3 unspecified atom stereocenters. The van der Waals surface area contributed by atoms with Gasteiger partial charge in [0.1, 0.15) is 0 Å². The SMILES string of the molecule is CCN1C(=S)NC2c3cccc(F)c3OC1(C)C2C. The quantitative estimate of drug-likeness (QED) is 0.800. The van der Waals surface area contributed by atoms with Crippen molar-refractivity contribution in [3.8, 4) is 5.75 Å². The number of ether oxygens (including phenoxy) is 1. The van der Waals surface area contributed by atoms with Gasteiger partial charge in [0.05, 0.1) is 6.04 Å². The molecule has 5 heteroatoms. The van der Waals surface area contributed by atoms with Crippen molar-refractivity contribution in [3.63, 3.8) is 0 Å². The average molecular weight is 280 g/mol. The Morgan fingerprint density at radius 1 is 1.53 bits per heavy atom. The van der Waals surface area contributed by atoms with Crippen LogP contribution in [-0.2, 0) is 0 Å². The van der Waals surface area contributed by atoms with Crippen molar-refractivity contribution in [2.75, 3.05) is 6.54 Å². The van der Waals surface area contributed by atoms with Crippen LogP contribution in [0, 0.1) is 11.7 Å². The Bertz CT molecular complexity index is 550. The van der Waals surface area contributed by atoms with Gasteiger partial charge in [-0.1, -0.05) is 19.1 Å². The summed E-state index contributed by atoms with van der Waals surface area (Å²) >= 11 is 5.41. The van der Waals surface area contributed by atoms with E-state index in [1.54, 1.807) is 6.07 Å². The highest BCUT2D eigenvalue weighted by atomic mass is 32.1. The smallest absolute Gasteiger partial charge is 0.186 e. The topological polar surface area (TPSA) is 24.5 Å². The van der Waals surface area contributed by atoms with E-state index in [9.17, 15) is 4.39 Å². The predicted molar refractivity (Wildman–Crippen MR) is 75.5 cm³/mol. The molecule has 3 atom stereocenters. The van der Waals surface area contributed by atoms with E-state index in [0.717, 1.165) is 12.1 Å². The monoisotopic (exact) mass is 280 g/mol. The Labute approximate surface area is 117 Å². The zero-order valence-electron chi connectivity index (χ0n) is 11.2. The summed E-state index contributed by atoms with van der Waals surface area (Å²) in [6, 6.07) is 5.04. The second-order valence-corrected chi connectivity index (χ2v) is 5.66. The van der Waals surface area contributed by atoms with Gasteiger partial charge in [-0.15, -0.1) is 0 Å². The molecule has 1 aromatic rings. The van der Waals surface area contributed by atoms with Gasteiger partial charge in [-0.3, -0.25) is 0 Å². The highest BCUT2D eigenvalue weighted by molar-refractivity contribution is 7.80. The Morgan fingerprint density at radius 3 is 2.95 bits per heavy atom. The van der Waals surface area contributed by atoms with Gasteiger partial charge < -0.3 is 15.0 Å². The second-order valence-electron chi connectivity index (χ2n) is 5.27. The molecule has 1 saturated heterocycles. The standard InChI is InChI=1S/C14H17FN2OS/c1-4-17-13(19)16-11-8(2)14(17,3)18-12-9(11)6-5-7-10(12)15/h5-8,11H,4H2,1-3H3,(H,16,19). The molecule has 0 aromatic heterocycles. The molecule has 1 fully saturated rings. The van der Waals surface area contributed by atoms with Crippen LogP contribution in [0.5, 0.6) is 5.75 Å². The number of benzene rings is 1. The van der Waals surface area contributed by atoms with E-state index in [1.165, 1.54) is 6.07 Å². The lowest BCUT2D eigenvalue weighted by atomic mass is 9.81. The summed E-state index contributed by atoms with van der Waals surface area (Å²) in [5, 5.41) is 3.99. The van der Waals surface area contributed by atoms with E-state index in [1.807, 2.05) is 24.8 Å². The first-order valence-corrected chi connectivity index (χ1v) is 6.95.